The molecular formula is C9H18O. The van der Waals surface area contributed by atoms with Crippen molar-refractivity contribution in [3.63, 3.8) is 0 Å². The van der Waals surface area contributed by atoms with Crippen molar-refractivity contribution < 1.29 is 5.11 Å². The van der Waals surface area contributed by atoms with Gasteiger partial charge < -0.3 is 5.11 Å². The molecule has 0 fully saturated rings. The monoisotopic (exact) mass is 142 g/mol. The summed E-state index contributed by atoms with van der Waals surface area (Å²) >= 11 is 0. The van der Waals surface area contributed by atoms with Crippen molar-refractivity contribution in [2.45, 2.75) is 27.7 Å². The van der Waals surface area contributed by atoms with Crippen molar-refractivity contribution in [1.29, 1.82) is 0 Å². The van der Waals surface area contributed by atoms with Crippen LogP contribution in [0.5, 0.6) is 0 Å². The van der Waals surface area contributed by atoms with E-state index in [-0.39, 0.29) is 6.61 Å². The third kappa shape index (κ3) is 2.53. The summed E-state index contributed by atoms with van der Waals surface area (Å²) in [5.74, 6) is 0.895. The lowest BCUT2D eigenvalue weighted by atomic mass is 9.90. The average molecular weight is 142 g/mol. The summed E-state index contributed by atoms with van der Waals surface area (Å²) in [5.41, 5.74) is 1.29. The minimum Gasteiger partial charge on any atom is -0.396 e. The van der Waals surface area contributed by atoms with Gasteiger partial charge in [0.15, 0.2) is 0 Å². The van der Waals surface area contributed by atoms with E-state index in [2.05, 4.69) is 26.8 Å². The number of rotatable bonds is 3. The van der Waals surface area contributed by atoms with Crippen LogP contribution in [0.3, 0.4) is 0 Å². The topological polar surface area (TPSA) is 20.2 Å². The minimum absolute atomic E-state index is 0.272. The first-order valence-corrected chi connectivity index (χ1v) is 3.87. The Hall–Kier alpha value is -0.300. The molecule has 0 aliphatic carbocycles. The maximum atomic E-state index is 8.96. The van der Waals surface area contributed by atoms with Gasteiger partial charge in [0, 0.05) is 12.5 Å². The lowest BCUT2D eigenvalue weighted by Crippen LogP contribution is -2.14. The average Bonchev–Trinajstić information content (AvgIpc) is 1.88. The summed E-state index contributed by atoms with van der Waals surface area (Å²) in [7, 11) is 0. The molecule has 0 saturated carbocycles. The summed E-state index contributed by atoms with van der Waals surface area (Å²) < 4.78 is 0. The Kier molecular flexibility index (Phi) is 4.37. The van der Waals surface area contributed by atoms with Gasteiger partial charge in [-0.05, 0) is 19.8 Å². The summed E-state index contributed by atoms with van der Waals surface area (Å²) in [6.07, 6.45) is 2.07. The third-order valence-electron chi connectivity index (χ3n) is 2.04. The molecule has 0 spiro atoms. The number of aliphatic hydroxyl groups is 1. The van der Waals surface area contributed by atoms with Crippen molar-refractivity contribution in [1.82, 2.24) is 0 Å². The van der Waals surface area contributed by atoms with Crippen molar-refractivity contribution in [2.75, 3.05) is 6.61 Å². The molecular weight excluding hydrogens is 124 g/mol. The molecule has 0 radical (unpaired) electrons. The molecule has 0 heterocycles. The van der Waals surface area contributed by atoms with E-state index in [0.29, 0.717) is 11.8 Å². The third-order valence-corrected chi connectivity index (χ3v) is 2.04. The van der Waals surface area contributed by atoms with Crippen LogP contribution >= 0.6 is 0 Å². The highest BCUT2D eigenvalue weighted by Gasteiger charge is 2.12. The summed E-state index contributed by atoms with van der Waals surface area (Å²) in [4.78, 5) is 0. The van der Waals surface area contributed by atoms with E-state index in [0.717, 1.165) is 0 Å². The van der Waals surface area contributed by atoms with E-state index >= 15 is 0 Å². The van der Waals surface area contributed by atoms with Gasteiger partial charge in [-0.15, -0.1) is 0 Å². The minimum atomic E-state index is 0.272. The van der Waals surface area contributed by atoms with Crippen LogP contribution in [-0.2, 0) is 0 Å². The van der Waals surface area contributed by atoms with Crippen molar-refractivity contribution in [3.8, 4) is 0 Å². The zero-order valence-electron chi connectivity index (χ0n) is 7.39. The number of allylic oxidation sites excluding steroid dienone is 1. The van der Waals surface area contributed by atoms with Crippen LogP contribution in [-0.4, -0.2) is 11.7 Å². The molecule has 1 N–H and O–H groups in total. The van der Waals surface area contributed by atoms with Gasteiger partial charge in [-0.2, -0.15) is 0 Å². The van der Waals surface area contributed by atoms with Gasteiger partial charge in [0.2, 0.25) is 0 Å². The van der Waals surface area contributed by atoms with Gasteiger partial charge in [0.05, 0.1) is 0 Å². The Morgan fingerprint density at radius 2 is 2.00 bits per heavy atom. The molecule has 10 heavy (non-hydrogen) atoms. The molecule has 0 rings (SSSR count). The molecule has 0 aromatic heterocycles. The number of aliphatic hydroxyl groups excluding tert-OH is 1. The van der Waals surface area contributed by atoms with Crippen molar-refractivity contribution in [3.05, 3.63) is 11.6 Å². The Bertz CT molecular complexity index is 114. The largest absolute Gasteiger partial charge is 0.396 e. The highest BCUT2D eigenvalue weighted by Crippen LogP contribution is 2.18. The molecule has 0 saturated heterocycles. The van der Waals surface area contributed by atoms with E-state index in [4.69, 9.17) is 5.11 Å². The predicted molar refractivity (Wildman–Crippen MR) is 44.8 cm³/mol. The quantitative estimate of drug-likeness (QED) is 0.599. The maximum absolute atomic E-state index is 8.96. The lowest BCUT2D eigenvalue weighted by molar-refractivity contribution is 0.213. The van der Waals surface area contributed by atoms with Crippen molar-refractivity contribution in [2.24, 2.45) is 11.8 Å². The molecule has 1 heteroatoms. The second kappa shape index (κ2) is 4.51. The number of hydrogen-bond acceptors (Lipinski definition) is 1. The summed E-state index contributed by atoms with van der Waals surface area (Å²) in [6.45, 7) is 8.62. The molecule has 60 valence electrons. The zero-order chi connectivity index (χ0) is 8.15. The second-order valence-electron chi connectivity index (χ2n) is 3.07. The van der Waals surface area contributed by atoms with Crippen LogP contribution in [0.4, 0.5) is 0 Å². The van der Waals surface area contributed by atoms with Crippen LogP contribution in [0.1, 0.15) is 27.7 Å². The molecule has 0 aromatic rings. The predicted octanol–water partition coefficient (Wildman–Crippen LogP) is 2.22. The Morgan fingerprint density at radius 3 is 2.10 bits per heavy atom. The van der Waals surface area contributed by atoms with Crippen LogP contribution in [0.15, 0.2) is 11.6 Å². The fraction of sp³-hybridized carbons (Fsp3) is 0.778. The van der Waals surface area contributed by atoms with E-state index in [1.165, 1.54) is 5.57 Å². The zero-order valence-corrected chi connectivity index (χ0v) is 7.39. The van der Waals surface area contributed by atoms with Crippen LogP contribution < -0.4 is 0 Å². The highest BCUT2D eigenvalue weighted by atomic mass is 16.3. The molecule has 0 aromatic carbocycles. The Labute approximate surface area is 63.8 Å². The van der Waals surface area contributed by atoms with Crippen LogP contribution in [0.25, 0.3) is 0 Å². The van der Waals surface area contributed by atoms with Crippen molar-refractivity contribution >= 4 is 0 Å². The Morgan fingerprint density at radius 1 is 1.50 bits per heavy atom. The fourth-order valence-electron chi connectivity index (χ4n) is 1.09. The normalized spacial score (nSPS) is 16.0. The van der Waals surface area contributed by atoms with Gasteiger partial charge in [-0.1, -0.05) is 25.5 Å². The first kappa shape index (κ1) is 9.70. The molecule has 0 bridgehead atoms. The van der Waals surface area contributed by atoms with Gasteiger partial charge in [-0.3, -0.25) is 0 Å². The first-order valence-electron chi connectivity index (χ1n) is 3.87. The van der Waals surface area contributed by atoms with Gasteiger partial charge in [0.25, 0.3) is 0 Å². The molecule has 1 atom stereocenters. The molecule has 0 aliphatic rings. The van der Waals surface area contributed by atoms with Gasteiger partial charge >= 0.3 is 0 Å². The van der Waals surface area contributed by atoms with Gasteiger partial charge in [0.1, 0.15) is 0 Å². The first-order chi connectivity index (χ1) is 4.63. The molecule has 0 unspecified atom stereocenters. The Balaban J connectivity index is 4.07. The smallest absolute Gasteiger partial charge is 0.0498 e. The second-order valence-corrected chi connectivity index (χ2v) is 3.07. The fourth-order valence-corrected chi connectivity index (χ4v) is 1.09. The molecule has 1 nitrogen and oxygen atoms in total. The molecule has 0 amide bonds. The summed E-state index contributed by atoms with van der Waals surface area (Å²) in [6, 6.07) is 0. The van der Waals surface area contributed by atoms with Crippen LogP contribution in [0.2, 0.25) is 0 Å². The van der Waals surface area contributed by atoms with Crippen LogP contribution in [0, 0.1) is 11.8 Å². The highest BCUT2D eigenvalue weighted by molar-refractivity contribution is 5.02. The van der Waals surface area contributed by atoms with Gasteiger partial charge in [-0.25, -0.2) is 0 Å². The standard InChI is InChI=1S/C9H18O/c1-5-8(4)9(6-10)7(2)3/h5,7,9-10H,6H2,1-4H3/b8-5+/t9-/m0/s1. The maximum Gasteiger partial charge on any atom is 0.0498 e. The van der Waals surface area contributed by atoms with E-state index < -0.39 is 0 Å². The molecule has 0 aliphatic heterocycles. The SMILES string of the molecule is C/C=C(\C)[C@@H](CO)C(C)C. The van der Waals surface area contributed by atoms with E-state index in [1.807, 2.05) is 6.92 Å². The summed E-state index contributed by atoms with van der Waals surface area (Å²) in [5, 5.41) is 8.96. The number of hydrogen-bond donors (Lipinski definition) is 1. The van der Waals surface area contributed by atoms with E-state index in [9.17, 15) is 0 Å². The lowest BCUT2D eigenvalue weighted by Gasteiger charge is -2.18. The van der Waals surface area contributed by atoms with E-state index in [1.54, 1.807) is 0 Å².